The van der Waals surface area contributed by atoms with Crippen molar-refractivity contribution in [3.63, 3.8) is 0 Å². The molecule has 0 saturated carbocycles. The van der Waals surface area contributed by atoms with E-state index >= 15 is 0 Å². The molecule has 1 heterocycles. The molecule has 1 aromatic rings. The van der Waals surface area contributed by atoms with Gasteiger partial charge in [-0.15, -0.1) is 12.4 Å². The summed E-state index contributed by atoms with van der Waals surface area (Å²) in [6.07, 6.45) is 0.808. The minimum absolute atomic E-state index is 0. The van der Waals surface area contributed by atoms with E-state index in [1.807, 2.05) is 6.07 Å². The van der Waals surface area contributed by atoms with Gasteiger partial charge in [-0.1, -0.05) is 29.8 Å². The number of halogens is 2. The molecule has 0 saturated heterocycles. The van der Waals surface area contributed by atoms with Crippen LogP contribution in [0.1, 0.15) is 20.3 Å². The minimum Gasteiger partial charge on any atom is -0.482 e. The topological polar surface area (TPSA) is 84.7 Å². The van der Waals surface area contributed by atoms with Crippen LogP contribution in [0, 0.1) is 5.92 Å². The molecule has 8 heteroatoms. The van der Waals surface area contributed by atoms with Gasteiger partial charge in [-0.2, -0.15) is 0 Å². The third-order valence-electron chi connectivity index (χ3n) is 3.57. The highest BCUT2D eigenvalue weighted by molar-refractivity contribution is 9.10. The molecule has 1 unspecified atom stereocenters. The summed E-state index contributed by atoms with van der Waals surface area (Å²) in [6, 6.07) is 5.28. The number of amides is 2. The Morgan fingerprint density at radius 3 is 2.79 bits per heavy atom. The fourth-order valence-corrected chi connectivity index (χ4v) is 2.89. The lowest BCUT2D eigenvalue weighted by Crippen LogP contribution is -2.49. The van der Waals surface area contributed by atoms with Gasteiger partial charge in [0.2, 0.25) is 5.91 Å². The number of carbonyl (C=O) groups excluding carboxylic acids is 2. The van der Waals surface area contributed by atoms with Crippen molar-refractivity contribution in [2.24, 2.45) is 11.7 Å². The maximum absolute atomic E-state index is 12.3. The number of nitrogens with one attached hydrogen (secondary N) is 1. The Bertz CT molecular complexity index is 598. The van der Waals surface area contributed by atoms with Gasteiger partial charge >= 0.3 is 0 Å². The Kier molecular flexibility index (Phi) is 7.99. The van der Waals surface area contributed by atoms with Crippen LogP contribution in [0.2, 0.25) is 0 Å². The van der Waals surface area contributed by atoms with Crippen LogP contribution < -0.4 is 20.7 Å². The van der Waals surface area contributed by atoms with Crippen LogP contribution in [0.4, 0.5) is 5.69 Å². The smallest absolute Gasteiger partial charge is 0.265 e. The van der Waals surface area contributed by atoms with Crippen molar-refractivity contribution in [2.45, 2.75) is 26.3 Å². The summed E-state index contributed by atoms with van der Waals surface area (Å²) in [6.45, 7) is 4.43. The summed E-state index contributed by atoms with van der Waals surface area (Å²) in [5.74, 6) is 0.574. The maximum atomic E-state index is 12.3. The van der Waals surface area contributed by atoms with Crippen LogP contribution in [0.25, 0.3) is 0 Å². The quantitative estimate of drug-likeness (QED) is 0.738. The monoisotopic (exact) mass is 419 g/mol. The third-order valence-corrected chi connectivity index (χ3v) is 4.07. The molecule has 3 N–H and O–H groups in total. The predicted molar refractivity (Wildman–Crippen MR) is 99.7 cm³/mol. The number of fused-ring (bicyclic) bond motifs is 1. The van der Waals surface area contributed by atoms with E-state index in [0.29, 0.717) is 23.9 Å². The van der Waals surface area contributed by atoms with Gasteiger partial charge in [-0.3, -0.25) is 14.5 Å². The molecule has 1 aliphatic rings. The predicted octanol–water partition coefficient (Wildman–Crippen LogP) is 2.09. The Hall–Kier alpha value is -1.31. The molecule has 1 atom stereocenters. The summed E-state index contributed by atoms with van der Waals surface area (Å²) in [5, 5.41) is 2.90. The fraction of sp³-hybridized carbons (Fsp3) is 0.500. The van der Waals surface area contributed by atoms with Gasteiger partial charge in [0.15, 0.2) is 6.61 Å². The number of ether oxygens (including phenoxy) is 1. The molecule has 6 nitrogen and oxygen atoms in total. The molecule has 1 aliphatic heterocycles. The molecule has 134 valence electrons. The summed E-state index contributed by atoms with van der Waals surface area (Å²) < 4.78 is 6.27. The van der Waals surface area contributed by atoms with Gasteiger partial charge in [0.25, 0.3) is 5.91 Å². The maximum Gasteiger partial charge on any atom is 0.265 e. The van der Waals surface area contributed by atoms with Crippen LogP contribution in [-0.4, -0.2) is 37.6 Å². The molecule has 0 fully saturated rings. The molecule has 0 aliphatic carbocycles. The molecule has 2 rings (SSSR count). The van der Waals surface area contributed by atoms with E-state index in [2.05, 4.69) is 35.1 Å². The van der Waals surface area contributed by atoms with E-state index in [9.17, 15) is 9.59 Å². The first kappa shape index (κ1) is 20.7. The zero-order valence-corrected chi connectivity index (χ0v) is 16.2. The van der Waals surface area contributed by atoms with Gasteiger partial charge in [-0.05, 0) is 30.5 Å². The van der Waals surface area contributed by atoms with Crippen molar-refractivity contribution in [1.82, 2.24) is 5.32 Å². The van der Waals surface area contributed by atoms with Crippen molar-refractivity contribution in [3.8, 4) is 5.75 Å². The van der Waals surface area contributed by atoms with Crippen LogP contribution in [0.15, 0.2) is 22.7 Å². The summed E-state index contributed by atoms with van der Waals surface area (Å²) in [7, 11) is 0. The average molecular weight is 421 g/mol. The Morgan fingerprint density at radius 1 is 1.46 bits per heavy atom. The number of rotatable bonds is 6. The van der Waals surface area contributed by atoms with Gasteiger partial charge < -0.3 is 15.8 Å². The number of nitrogens with two attached hydrogens (primary N) is 1. The SMILES string of the molecule is CC(C)CC(CN)NC(=O)CN1C(=O)COc2cc(Br)ccc21.Cl. The second kappa shape index (κ2) is 9.25. The molecular formula is C16H23BrClN3O3. The summed E-state index contributed by atoms with van der Waals surface area (Å²) >= 11 is 3.36. The van der Waals surface area contributed by atoms with Gasteiger partial charge in [0, 0.05) is 17.1 Å². The highest BCUT2D eigenvalue weighted by Crippen LogP contribution is 2.34. The number of carbonyl (C=O) groups is 2. The first-order valence-electron chi connectivity index (χ1n) is 7.62. The number of benzene rings is 1. The molecule has 0 bridgehead atoms. The highest BCUT2D eigenvalue weighted by Gasteiger charge is 2.28. The molecule has 0 spiro atoms. The Morgan fingerprint density at radius 2 is 2.17 bits per heavy atom. The van der Waals surface area contributed by atoms with E-state index in [-0.39, 0.29) is 43.4 Å². The normalized spacial score (nSPS) is 14.5. The van der Waals surface area contributed by atoms with Gasteiger partial charge in [0.05, 0.1) is 5.69 Å². The Balaban J connectivity index is 0.00000288. The van der Waals surface area contributed by atoms with Crippen molar-refractivity contribution in [1.29, 1.82) is 0 Å². The molecule has 1 aromatic carbocycles. The number of hydrogen-bond donors (Lipinski definition) is 2. The van der Waals surface area contributed by atoms with Crippen LogP contribution in [0.5, 0.6) is 5.75 Å². The fourth-order valence-electron chi connectivity index (χ4n) is 2.55. The van der Waals surface area contributed by atoms with Crippen LogP contribution in [-0.2, 0) is 9.59 Å². The standard InChI is InChI=1S/C16H22BrN3O3.ClH/c1-10(2)5-12(7-18)19-15(21)8-20-13-4-3-11(17)6-14(13)23-9-16(20)22;/h3-4,6,10,12H,5,7-9,18H2,1-2H3,(H,19,21);1H. The van der Waals surface area contributed by atoms with Crippen molar-refractivity contribution >= 4 is 45.8 Å². The first-order valence-corrected chi connectivity index (χ1v) is 8.42. The number of hydrogen-bond acceptors (Lipinski definition) is 4. The second-order valence-corrected chi connectivity index (χ2v) is 6.93. The largest absolute Gasteiger partial charge is 0.482 e. The van der Waals surface area contributed by atoms with Crippen molar-refractivity contribution in [3.05, 3.63) is 22.7 Å². The highest BCUT2D eigenvalue weighted by atomic mass is 79.9. The number of anilines is 1. The van der Waals surface area contributed by atoms with Gasteiger partial charge in [-0.25, -0.2) is 0 Å². The molecule has 0 radical (unpaired) electrons. The Labute approximate surface area is 156 Å². The number of nitrogens with zero attached hydrogens (tertiary/aromatic N) is 1. The first-order chi connectivity index (χ1) is 10.9. The van der Waals surface area contributed by atoms with E-state index in [1.54, 1.807) is 12.1 Å². The van der Waals surface area contributed by atoms with Crippen LogP contribution >= 0.6 is 28.3 Å². The average Bonchev–Trinajstić information content (AvgIpc) is 2.49. The van der Waals surface area contributed by atoms with E-state index in [4.69, 9.17) is 10.5 Å². The summed E-state index contributed by atoms with van der Waals surface area (Å²) in [4.78, 5) is 25.8. The van der Waals surface area contributed by atoms with E-state index in [1.165, 1.54) is 4.90 Å². The zero-order valence-electron chi connectivity index (χ0n) is 13.8. The summed E-state index contributed by atoms with van der Waals surface area (Å²) in [5.41, 5.74) is 6.31. The van der Waals surface area contributed by atoms with Crippen molar-refractivity contribution < 1.29 is 14.3 Å². The molecule has 0 aromatic heterocycles. The molecule has 2 amide bonds. The minimum atomic E-state index is -0.233. The lowest BCUT2D eigenvalue weighted by molar-refractivity contribution is -0.125. The molecule has 24 heavy (non-hydrogen) atoms. The molecular weight excluding hydrogens is 398 g/mol. The second-order valence-electron chi connectivity index (χ2n) is 6.01. The van der Waals surface area contributed by atoms with Crippen molar-refractivity contribution in [2.75, 3.05) is 24.6 Å². The van der Waals surface area contributed by atoms with Crippen LogP contribution in [0.3, 0.4) is 0 Å². The third kappa shape index (κ3) is 5.36. The van der Waals surface area contributed by atoms with E-state index in [0.717, 1.165) is 10.9 Å². The van der Waals surface area contributed by atoms with E-state index < -0.39 is 0 Å². The lowest BCUT2D eigenvalue weighted by atomic mass is 10.0. The lowest BCUT2D eigenvalue weighted by Gasteiger charge is -2.29. The van der Waals surface area contributed by atoms with Gasteiger partial charge in [0.1, 0.15) is 12.3 Å². The zero-order chi connectivity index (χ0) is 17.0.